The van der Waals surface area contributed by atoms with Crippen molar-refractivity contribution in [2.24, 2.45) is 0 Å². The van der Waals surface area contributed by atoms with Crippen molar-refractivity contribution < 1.29 is 14.7 Å². The SMILES string of the molecule is C#CCN(CC(=O)O)C(=O)C(C)(C)c1ccc(N)cc1. The number of terminal acetylenes is 1. The second-order valence-electron chi connectivity index (χ2n) is 5.01. The predicted molar refractivity (Wildman–Crippen MR) is 76.9 cm³/mol. The molecule has 5 heteroatoms. The van der Waals surface area contributed by atoms with Crippen LogP contribution in [0.5, 0.6) is 0 Å². The molecular weight excluding hydrogens is 256 g/mol. The van der Waals surface area contributed by atoms with Crippen molar-refractivity contribution in [3.63, 3.8) is 0 Å². The van der Waals surface area contributed by atoms with Gasteiger partial charge in [-0.2, -0.15) is 0 Å². The lowest BCUT2D eigenvalue weighted by atomic mass is 9.83. The van der Waals surface area contributed by atoms with E-state index in [9.17, 15) is 9.59 Å². The molecule has 106 valence electrons. The highest BCUT2D eigenvalue weighted by atomic mass is 16.4. The molecule has 1 aromatic rings. The van der Waals surface area contributed by atoms with Crippen molar-refractivity contribution in [1.29, 1.82) is 0 Å². The third kappa shape index (κ3) is 3.51. The monoisotopic (exact) mass is 274 g/mol. The lowest BCUT2D eigenvalue weighted by molar-refractivity contribution is -0.146. The number of nitrogen functional groups attached to an aromatic ring is 1. The van der Waals surface area contributed by atoms with Gasteiger partial charge in [0, 0.05) is 5.69 Å². The number of hydrogen-bond acceptors (Lipinski definition) is 3. The van der Waals surface area contributed by atoms with Crippen LogP contribution in [0.3, 0.4) is 0 Å². The summed E-state index contributed by atoms with van der Waals surface area (Å²) in [6.07, 6.45) is 5.19. The molecule has 0 atom stereocenters. The molecular formula is C15H18N2O3. The number of aliphatic carboxylic acids is 1. The lowest BCUT2D eigenvalue weighted by Crippen LogP contribution is -2.45. The molecule has 3 N–H and O–H groups in total. The Balaban J connectivity index is 3.05. The van der Waals surface area contributed by atoms with Gasteiger partial charge in [0.05, 0.1) is 12.0 Å². The fourth-order valence-corrected chi connectivity index (χ4v) is 1.89. The first-order valence-electron chi connectivity index (χ1n) is 6.09. The normalized spacial score (nSPS) is 10.7. The van der Waals surface area contributed by atoms with Gasteiger partial charge < -0.3 is 15.7 Å². The van der Waals surface area contributed by atoms with Gasteiger partial charge in [-0.15, -0.1) is 6.42 Å². The van der Waals surface area contributed by atoms with Gasteiger partial charge in [-0.1, -0.05) is 18.1 Å². The summed E-state index contributed by atoms with van der Waals surface area (Å²) < 4.78 is 0. The molecule has 0 heterocycles. The zero-order chi connectivity index (χ0) is 15.3. The molecule has 0 radical (unpaired) electrons. The lowest BCUT2D eigenvalue weighted by Gasteiger charge is -2.30. The zero-order valence-corrected chi connectivity index (χ0v) is 11.6. The van der Waals surface area contributed by atoms with Gasteiger partial charge in [0.25, 0.3) is 0 Å². The number of carbonyl (C=O) groups excluding carboxylic acids is 1. The van der Waals surface area contributed by atoms with Crippen molar-refractivity contribution in [2.45, 2.75) is 19.3 Å². The van der Waals surface area contributed by atoms with Crippen LogP contribution in [-0.4, -0.2) is 35.0 Å². The molecule has 5 nitrogen and oxygen atoms in total. The smallest absolute Gasteiger partial charge is 0.323 e. The Hall–Kier alpha value is -2.48. The summed E-state index contributed by atoms with van der Waals surface area (Å²) in [6, 6.07) is 6.91. The Morgan fingerprint density at radius 2 is 1.90 bits per heavy atom. The Kier molecular flexibility index (Phi) is 4.76. The van der Waals surface area contributed by atoms with E-state index in [0.717, 1.165) is 10.5 Å². The van der Waals surface area contributed by atoms with Gasteiger partial charge >= 0.3 is 5.97 Å². The average molecular weight is 274 g/mol. The number of rotatable bonds is 5. The van der Waals surface area contributed by atoms with E-state index in [0.29, 0.717) is 5.69 Å². The maximum absolute atomic E-state index is 12.5. The van der Waals surface area contributed by atoms with E-state index >= 15 is 0 Å². The highest BCUT2D eigenvalue weighted by molar-refractivity contribution is 5.90. The second kappa shape index (κ2) is 6.11. The molecule has 0 fully saturated rings. The van der Waals surface area contributed by atoms with Crippen molar-refractivity contribution in [3.8, 4) is 12.3 Å². The van der Waals surface area contributed by atoms with Crippen molar-refractivity contribution >= 4 is 17.6 Å². The number of carbonyl (C=O) groups is 2. The van der Waals surface area contributed by atoms with Gasteiger partial charge in [0.1, 0.15) is 6.54 Å². The van der Waals surface area contributed by atoms with Gasteiger partial charge in [0.2, 0.25) is 5.91 Å². The highest BCUT2D eigenvalue weighted by Gasteiger charge is 2.34. The molecule has 0 aliphatic heterocycles. The minimum atomic E-state index is -1.10. The Bertz CT molecular complexity index is 541. The number of anilines is 1. The maximum atomic E-state index is 12.5. The predicted octanol–water partition coefficient (Wildman–Crippen LogP) is 1.09. The van der Waals surface area contributed by atoms with E-state index in [4.69, 9.17) is 17.3 Å². The van der Waals surface area contributed by atoms with E-state index in [1.165, 1.54) is 0 Å². The molecule has 0 unspecified atom stereocenters. The number of nitrogens with two attached hydrogens (primary N) is 1. The van der Waals surface area contributed by atoms with Crippen LogP contribution in [0.1, 0.15) is 19.4 Å². The Morgan fingerprint density at radius 1 is 1.35 bits per heavy atom. The number of amides is 1. The summed E-state index contributed by atoms with van der Waals surface area (Å²) in [5.41, 5.74) is 6.10. The molecule has 0 aromatic heterocycles. The number of benzene rings is 1. The number of hydrogen-bond donors (Lipinski definition) is 2. The fourth-order valence-electron chi connectivity index (χ4n) is 1.89. The quantitative estimate of drug-likeness (QED) is 0.622. The largest absolute Gasteiger partial charge is 0.480 e. The summed E-state index contributed by atoms with van der Waals surface area (Å²) in [6.45, 7) is 3.00. The van der Waals surface area contributed by atoms with Crippen molar-refractivity contribution in [1.82, 2.24) is 4.90 Å². The number of nitrogens with zero attached hydrogens (tertiary/aromatic N) is 1. The molecule has 0 bridgehead atoms. The topological polar surface area (TPSA) is 83.6 Å². The molecule has 0 spiro atoms. The third-order valence-electron chi connectivity index (χ3n) is 3.06. The first-order valence-corrected chi connectivity index (χ1v) is 6.09. The standard InChI is InChI=1S/C15H18N2O3/c1-4-9-17(10-13(18)19)14(20)15(2,3)11-5-7-12(16)8-6-11/h1,5-8H,9-10,16H2,2-3H3,(H,18,19). The fraction of sp³-hybridized carbons (Fsp3) is 0.333. The van der Waals surface area contributed by atoms with Gasteiger partial charge in [0.15, 0.2) is 0 Å². The summed E-state index contributed by atoms with van der Waals surface area (Å²) in [5.74, 6) is 0.882. The van der Waals surface area contributed by atoms with Crippen LogP contribution in [0.4, 0.5) is 5.69 Å². The molecule has 1 rings (SSSR count). The molecule has 0 aliphatic carbocycles. The average Bonchev–Trinajstić information content (AvgIpc) is 2.37. The molecule has 0 saturated heterocycles. The van der Waals surface area contributed by atoms with E-state index in [1.54, 1.807) is 38.1 Å². The number of carboxylic acid groups (broad SMARTS) is 1. The van der Waals surface area contributed by atoms with Crippen LogP contribution < -0.4 is 5.73 Å². The van der Waals surface area contributed by atoms with Crippen molar-refractivity contribution in [3.05, 3.63) is 29.8 Å². The van der Waals surface area contributed by atoms with Crippen LogP contribution in [0.25, 0.3) is 0 Å². The summed E-state index contributed by atoms with van der Waals surface area (Å²) >= 11 is 0. The van der Waals surface area contributed by atoms with Gasteiger partial charge in [-0.05, 0) is 31.5 Å². The van der Waals surface area contributed by atoms with Crippen molar-refractivity contribution in [2.75, 3.05) is 18.8 Å². The first-order chi connectivity index (χ1) is 9.28. The highest BCUT2D eigenvalue weighted by Crippen LogP contribution is 2.26. The minimum absolute atomic E-state index is 0.0382. The second-order valence-corrected chi connectivity index (χ2v) is 5.01. The molecule has 0 aliphatic rings. The van der Waals surface area contributed by atoms with E-state index < -0.39 is 17.9 Å². The van der Waals surface area contributed by atoms with Gasteiger partial charge in [-0.3, -0.25) is 9.59 Å². The molecule has 1 aromatic carbocycles. The van der Waals surface area contributed by atoms with Crippen LogP contribution in [0.2, 0.25) is 0 Å². The summed E-state index contributed by atoms with van der Waals surface area (Å²) in [4.78, 5) is 24.5. The minimum Gasteiger partial charge on any atom is -0.480 e. The Labute approximate surface area is 118 Å². The molecule has 1 amide bonds. The van der Waals surface area contributed by atoms with Crippen LogP contribution in [0.15, 0.2) is 24.3 Å². The summed E-state index contributed by atoms with van der Waals surface area (Å²) in [5, 5.41) is 8.85. The molecule has 20 heavy (non-hydrogen) atoms. The van der Waals surface area contributed by atoms with Crippen LogP contribution >= 0.6 is 0 Å². The number of carboxylic acids is 1. The summed E-state index contributed by atoms with van der Waals surface area (Å²) in [7, 11) is 0. The van der Waals surface area contributed by atoms with E-state index in [-0.39, 0.29) is 12.5 Å². The maximum Gasteiger partial charge on any atom is 0.323 e. The van der Waals surface area contributed by atoms with Gasteiger partial charge in [-0.25, -0.2) is 0 Å². The zero-order valence-electron chi connectivity index (χ0n) is 11.6. The first kappa shape index (κ1) is 15.6. The third-order valence-corrected chi connectivity index (χ3v) is 3.06. The van der Waals surface area contributed by atoms with Crippen LogP contribution in [0, 0.1) is 12.3 Å². The van der Waals surface area contributed by atoms with Crippen LogP contribution in [-0.2, 0) is 15.0 Å². The Morgan fingerprint density at radius 3 is 2.35 bits per heavy atom. The van der Waals surface area contributed by atoms with E-state index in [1.807, 2.05) is 0 Å². The van der Waals surface area contributed by atoms with E-state index in [2.05, 4.69) is 5.92 Å². The molecule has 0 saturated carbocycles.